The number of nitrogens with zero attached hydrogens (tertiary/aromatic N) is 1. The van der Waals surface area contributed by atoms with E-state index in [1.54, 1.807) is 31.3 Å². The van der Waals surface area contributed by atoms with Gasteiger partial charge < -0.3 is 15.6 Å². The van der Waals surface area contributed by atoms with Crippen molar-refractivity contribution >= 4 is 17.6 Å². The molecule has 0 saturated carbocycles. The first-order valence-corrected chi connectivity index (χ1v) is 10.2. The molecule has 2 heterocycles. The molecule has 32 heavy (non-hydrogen) atoms. The van der Waals surface area contributed by atoms with Gasteiger partial charge in [0.05, 0.1) is 0 Å². The number of hydrogen-bond donors (Lipinski definition) is 3. The predicted octanol–water partition coefficient (Wildman–Crippen LogP) is 1.35. The molecule has 8 heteroatoms. The summed E-state index contributed by atoms with van der Waals surface area (Å²) >= 11 is 0. The van der Waals surface area contributed by atoms with Gasteiger partial charge >= 0.3 is 0 Å². The van der Waals surface area contributed by atoms with E-state index in [0.717, 1.165) is 11.3 Å². The van der Waals surface area contributed by atoms with Gasteiger partial charge in [0, 0.05) is 37.3 Å². The third-order valence-corrected chi connectivity index (χ3v) is 4.88. The van der Waals surface area contributed by atoms with Crippen LogP contribution in [0.15, 0.2) is 71.7 Å². The minimum Gasteiger partial charge on any atom is -0.349 e. The fourth-order valence-corrected chi connectivity index (χ4v) is 3.17. The fourth-order valence-electron chi connectivity index (χ4n) is 3.17. The van der Waals surface area contributed by atoms with Crippen LogP contribution < -0.4 is 16.2 Å². The number of aryl methyl sites for hydroxylation is 1. The van der Waals surface area contributed by atoms with E-state index < -0.39 is 29.2 Å². The van der Waals surface area contributed by atoms with E-state index in [1.807, 2.05) is 30.3 Å². The van der Waals surface area contributed by atoms with E-state index in [1.165, 1.54) is 12.1 Å². The number of carbonyl (C=O) groups is 3. The normalized spacial score (nSPS) is 11.4. The maximum atomic E-state index is 12.9. The van der Waals surface area contributed by atoms with Gasteiger partial charge in [0.25, 0.3) is 11.8 Å². The summed E-state index contributed by atoms with van der Waals surface area (Å²) in [6.45, 7) is 1.90. The molecule has 0 aliphatic heterocycles. The van der Waals surface area contributed by atoms with Crippen LogP contribution in [0.1, 0.15) is 27.3 Å². The lowest BCUT2D eigenvalue weighted by Crippen LogP contribution is -2.49. The first kappa shape index (κ1) is 22.6. The minimum absolute atomic E-state index is 0.0546. The highest BCUT2D eigenvalue weighted by atomic mass is 16.2. The van der Waals surface area contributed by atoms with Gasteiger partial charge in [-0.3, -0.25) is 24.2 Å². The van der Waals surface area contributed by atoms with Gasteiger partial charge in [-0.05, 0) is 30.2 Å². The Kier molecular flexibility index (Phi) is 7.64. The van der Waals surface area contributed by atoms with Crippen LogP contribution in [0.3, 0.4) is 0 Å². The van der Waals surface area contributed by atoms with Crippen LogP contribution in [0, 0.1) is 6.92 Å². The van der Waals surface area contributed by atoms with Crippen LogP contribution >= 0.6 is 0 Å². The quantitative estimate of drug-likeness (QED) is 0.441. The van der Waals surface area contributed by atoms with Crippen molar-refractivity contribution < 1.29 is 14.4 Å². The fraction of sp³-hybridized carbons (Fsp3) is 0.208. The summed E-state index contributed by atoms with van der Waals surface area (Å²) in [5, 5.41) is 5.20. The molecule has 0 aliphatic carbocycles. The SMILES string of the molecule is Cc1ccc(=O)[nH]c1C(=O)N[C@@H](Cc1ccccc1)C(=O)C(=O)NCCc1ccccn1. The number of benzene rings is 1. The van der Waals surface area contributed by atoms with Gasteiger partial charge in [0.15, 0.2) is 0 Å². The van der Waals surface area contributed by atoms with Crippen molar-refractivity contribution in [3.63, 3.8) is 0 Å². The van der Waals surface area contributed by atoms with Crippen molar-refractivity contribution in [1.82, 2.24) is 20.6 Å². The number of hydrogen-bond acceptors (Lipinski definition) is 5. The van der Waals surface area contributed by atoms with E-state index in [-0.39, 0.29) is 18.7 Å². The average molecular weight is 432 g/mol. The molecule has 1 aromatic carbocycles. The molecule has 0 fully saturated rings. The lowest BCUT2D eigenvalue weighted by molar-refractivity contribution is -0.138. The highest BCUT2D eigenvalue weighted by Gasteiger charge is 2.28. The summed E-state index contributed by atoms with van der Waals surface area (Å²) in [4.78, 5) is 56.5. The molecule has 2 amide bonds. The summed E-state index contributed by atoms with van der Waals surface area (Å²) < 4.78 is 0. The predicted molar refractivity (Wildman–Crippen MR) is 119 cm³/mol. The molecular formula is C24H24N4O4. The van der Waals surface area contributed by atoms with E-state index in [2.05, 4.69) is 20.6 Å². The number of nitrogens with one attached hydrogen (secondary N) is 3. The van der Waals surface area contributed by atoms with Crippen LogP contribution in [0.25, 0.3) is 0 Å². The zero-order chi connectivity index (χ0) is 22.9. The monoisotopic (exact) mass is 432 g/mol. The van der Waals surface area contributed by atoms with Crippen LogP contribution in [0.5, 0.6) is 0 Å². The van der Waals surface area contributed by atoms with Gasteiger partial charge in [-0.15, -0.1) is 0 Å². The van der Waals surface area contributed by atoms with E-state index in [4.69, 9.17) is 0 Å². The molecule has 3 N–H and O–H groups in total. The second-order valence-electron chi connectivity index (χ2n) is 7.29. The smallest absolute Gasteiger partial charge is 0.289 e. The van der Waals surface area contributed by atoms with Crippen molar-refractivity contribution in [2.24, 2.45) is 0 Å². The molecule has 0 unspecified atom stereocenters. The van der Waals surface area contributed by atoms with Crippen LogP contribution in [-0.2, 0) is 22.4 Å². The zero-order valence-electron chi connectivity index (χ0n) is 17.6. The van der Waals surface area contributed by atoms with Crippen molar-refractivity contribution in [1.29, 1.82) is 0 Å². The average Bonchev–Trinajstić information content (AvgIpc) is 2.81. The lowest BCUT2D eigenvalue weighted by atomic mass is 10.0. The second-order valence-corrected chi connectivity index (χ2v) is 7.29. The maximum Gasteiger partial charge on any atom is 0.289 e. The number of amides is 2. The summed E-state index contributed by atoms with van der Waals surface area (Å²) in [5.74, 6) is -2.18. The molecule has 164 valence electrons. The Hall–Kier alpha value is -4.07. The Morgan fingerprint density at radius 1 is 1.00 bits per heavy atom. The first-order chi connectivity index (χ1) is 15.4. The Bertz CT molecular complexity index is 1140. The number of ketones is 1. The molecule has 0 radical (unpaired) electrons. The van der Waals surface area contributed by atoms with Crippen molar-refractivity contribution in [2.75, 3.05) is 6.54 Å². The van der Waals surface area contributed by atoms with Crippen molar-refractivity contribution in [2.45, 2.75) is 25.8 Å². The van der Waals surface area contributed by atoms with Gasteiger partial charge in [-0.2, -0.15) is 0 Å². The molecule has 2 aromatic heterocycles. The number of carbonyl (C=O) groups excluding carboxylic acids is 3. The number of Topliss-reactive ketones (excluding diaryl/α,β-unsaturated/α-hetero) is 1. The van der Waals surface area contributed by atoms with Gasteiger partial charge in [0.2, 0.25) is 11.3 Å². The van der Waals surface area contributed by atoms with Crippen molar-refractivity contribution in [3.8, 4) is 0 Å². The van der Waals surface area contributed by atoms with E-state index in [9.17, 15) is 19.2 Å². The standard InChI is InChI=1S/C24H24N4O4/c1-16-10-11-20(29)28-21(16)23(31)27-19(15-17-7-3-2-4-8-17)22(30)24(32)26-14-12-18-9-5-6-13-25-18/h2-11,13,19H,12,14-15H2,1H3,(H,26,32)(H,27,31)(H,28,29)/t19-/m0/s1. The van der Waals surface area contributed by atoms with E-state index >= 15 is 0 Å². The molecular weight excluding hydrogens is 408 g/mol. The Morgan fingerprint density at radius 2 is 1.75 bits per heavy atom. The molecule has 0 bridgehead atoms. The molecule has 0 spiro atoms. The molecule has 8 nitrogen and oxygen atoms in total. The molecule has 0 aliphatic rings. The second kappa shape index (κ2) is 10.8. The van der Waals surface area contributed by atoms with Gasteiger partial charge in [-0.25, -0.2) is 0 Å². The Labute approximate surface area is 185 Å². The molecule has 3 rings (SSSR count). The number of rotatable bonds is 9. The Morgan fingerprint density at radius 3 is 2.47 bits per heavy atom. The summed E-state index contributed by atoms with van der Waals surface area (Å²) in [6.07, 6.45) is 2.26. The summed E-state index contributed by atoms with van der Waals surface area (Å²) in [7, 11) is 0. The summed E-state index contributed by atoms with van der Waals surface area (Å²) in [5.41, 5.74) is 1.74. The number of aromatic amines is 1. The van der Waals surface area contributed by atoms with Crippen LogP contribution in [0.4, 0.5) is 0 Å². The topological polar surface area (TPSA) is 121 Å². The van der Waals surface area contributed by atoms with Gasteiger partial charge in [-0.1, -0.05) is 42.5 Å². The highest BCUT2D eigenvalue weighted by Crippen LogP contribution is 2.07. The molecule has 1 atom stereocenters. The number of aromatic nitrogens is 2. The zero-order valence-corrected chi connectivity index (χ0v) is 17.6. The number of pyridine rings is 2. The van der Waals surface area contributed by atoms with Gasteiger partial charge in [0.1, 0.15) is 11.7 Å². The highest BCUT2D eigenvalue weighted by molar-refractivity contribution is 6.38. The van der Waals surface area contributed by atoms with Crippen molar-refractivity contribution in [3.05, 3.63) is 99.7 Å². The third kappa shape index (κ3) is 6.21. The number of H-pyrrole nitrogens is 1. The Balaban J connectivity index is 1.71. The van der Waals surface area contributed by atoms with Crippen LogP contribution in [0.2, 0.25) is 0 Å². The minimum atomic E-state index is -1.09. The third-order valence-electron chi connectivity index (χ3n) is 4.88. The molecule has 0 saturated heterocycles. The maximum absolute atomic E-state index is 12.9. The lowest BCUT2D eigenvalue weighted by Gasteiger charge is -2.18. The first-order valence-electron chi connectivity index (χ1n) is 10.2. The van der Waals surface area contributed by atoms with E-state index in [0.29, 0.717) is 12.0 Å². The largest absolute Gasteiger partial charge is 0.349 e. The van der Waals surface area contributed by atoms with Crippen LogP contribution in [-0.4, -0.2) is 40.2 Å². The molecule has 3 aromatic rings. The summed E-state index contributed by atoms with van der Waals surface area (Å²) in [6, 6.07) is 16.3.